The normalized spacial score (nSPS) is 11.2. The van der Waals surface area contributed by atoms with Gasteiger partial charge >= 0.3 is 0 Å². The third-order valence-corrected chi connectivity index (χ3v) is 4.54. The van der Waals surface area contributed by atoms with E-state index in [1.165, 1.54) is 5.56 Å². The van der Waals surface area contributed by atoms with Crippen molar-refractivity contribution in [3.05, 3.63) is 64.3 Å². The summed E-state index contributed by atoms with van der Waals surface area (Å²) in [7, 11) is 0. The van der Waals surface area contributed by atoms with E-state index < -0.39 is 0 Å². The highest BCUT2D eigenvalue weighted by Crippen LogP contribution is 2.27. The second kappa shape index (κ2) is 6.89. The molecule has 4 rings (SSSR count). The minimum Gasteiger partial charge on any atom is -0.271 e. The summed E-state index contributed by atoms with van der Waals surface area (Å²) >= 11 is 11.7. The molecule has 0 spiro atoms. The van der Waals surface area contributed by atoms with Crippen LogP contribution in [-0.4, -0.2) is 34.3 Å². The number of nitrogens with zero attached hydrogens (tertiary/aromatic N) is 6. The predicted molar refractivity (Wildman–Crippen MR) is 102 cm³/mol. The molecule has 1 aromatic carbocycles. The Bertz CT molecular complexity index is 1090. The highest BCUT2D eigenvalue weighted by Gasteiger charge is 2.18. The summed E-state index contributed by atoms with van der Waals surface area (Å²) in [5, 5.41) is 16.6. The van der Waals surface area contributed by atoms with Gasteiger partial charge in [0, 0.05) is 18.9 Å². The zero-order chi connectivity index (χ0) is 18.1. The Labute approximate surface area is 159 Å². The Hall–Kier alpha value is -2.71. The maximum atomic E-state index is 6.33. The Morgan fingerprint density at radius 1 is 1.15 bits per heavy atom. The second-order valence-electron chi connectivity index (χ2n) is 5.75. The van der Waals surface area contributed by atoms with Crippen molar-refractivity contribution in [1.82, 2.24) is 34.3 Å². The van der Waals surface area contributed by atoms with Gasteiger partial charge in [-0.25, -0.2) is 0 Å². The van der Waals surface area contributed by atoms with E-state index in [1.807, 2.05) is 36.0 Å². The van der Waals surface area contributed by atoms with E-state index in [2.05, 4.69) is 32.5 Å². The molecular weight excluding hydrogens is 370 g/mol. The largest absolute Gasteiger partial charge is 0.271 e. The van der Waals surface area contributed by atoms with Gasteiger partial charge in [-0.3, -0.25) is 19.0 Å². The minimum atomic E-state index is 0.460. The quantitative estimate of drug-likeness (QED) is 0.532. The standard InChI is InChI=1S/C17H16ClN7S/c1-2-23-11-14(18)15(22-23)16-20-21-17(26)25(16)13-8-19-24(10-13)9-12-6-4-3-5-7-12/h3-8,10-11H,2,9H2,1H3,(H,21,26). The lowest BCUT2D eigenvalue weighted by Crippen LogP contribution is -2.01. The average molecular weight is 386 g/mol. The molecule has 0 fully saturated rings. The van der Waals surface area contributed by atoms with Crippen molar-refractivity contribution < 1.29 is 0 Å². The van der Waals surface area contributed by atoms with E-state index in [-0.39, 0.29) is 0 Å². The zero-order valence-electron chi connectivity index (χ0n) is 14.0. The number of nitrogens with one attached hydrogen (secondary N) is 1. The lowest BCUT2D eigenvalue weighted by Gasteiger charge is -2.03. The van der Waals surface area contributed by atoms with Crippen LogP contribution in [0.5, 0.6) is 0 Å². The Kier molecular flexibility index (Phi) is 4.44. The first-order chi connectivity index (χ1) is 12.7. The molecule has 0 amide bonds. The molecule has 9 heteroatoms. The molecule has 132 valence electrons. The molecule has 0 aliphatic rings. The molecule has 0 bridgehead atoms. The molecule has 0 aliphatic heterocycles. The first-order valence-electron chi connectivity index (χ1n) is 8.13. The van der Waals surface area contributed by atoms with Gasteiger partial charge in [-0.15, -0.1) is 0 Å². The van der Waals surface area contributed by atoms with E-state index in [9.17, 15) is 0 Å². The molecule has 1 N–H and O–H groups in total. The van der Waals surface area contributed by atoms with Crippen LogP contribution in [0.3, 0.4) is 0 Å². The Morgan fingerprint density at radius 3 is 2.69 bits per heavy atom. The SMILES string of the molecule is CCn1cc(Cl)c(-c2n[nH]c(=S)n2-c2cnn(Cc3ccccc3)c2)n1. The zero-order valence-corrected chi connectivity index (χ0v) is 15.6. The van der Waals surface area contributed by atoms with Crippen molar-refractivity contribution in [2.24, 2.45) is 0 Å². The highest BCUT2D eigenvalue weighted by atomic mass is 35.5. The molecule has 3 heterocycles. The predicted octanol–water partition coefficient (Wildman–Crippen LogP) is 3.71. The highest BCUT2D eigenvalue weighted by molar-refractivity contribution is 7.71. The van der Waals surface area contributed by atoms with Gasteiger partial charge in [-0.2, -0.15) is 15.3 Å². The summed E-state index contributed by atoms with van der Waals surface area (Å²) in [6, 6.07) is 10.1. The monoisotopic (exact) mass is 385 g/mol. The van der Waals surface area contributed by atoms with Gasteiger partial charge in [0.15, 0.2) is 10.6 Å². The lowest BCUT2D eigenvalue weighted by molar-refractivity contribution is 0.660. The Morgan fingerprint density at radius 2 is 1.96 bits per heavy atom. The number of benzene rings is 1. The average Bonchev–Trinajstić information content (AvgIpc) is 3.34. The second-order valence-corrected chi connectivity index (χ2v) is 6.54. The fourth-order valence-corrected chi connectivity index (χ4v) is 3.20. The maximum Gasteiger partial charge on any atom is 0.200 e. The van der Waals surface area contributed by atoms with Crippen LogP contribution < -0.4 is 0 Å². The fourth-order valence-electron chi connectivity index (χ4n) is 2.73. The first kappa shape index (κ1) is 16.7. The van der Waals surface area contributed by atoms with Crippen LogP contribution in [0, 0.1) is 4.77 Å². The Balaban J connectivity index is 1.72. The maximum absolute atomic E-state index is 6.33. The van der Waals surface area contributed by atoms with Gasteiger partial charge in [0.2, 0.25) is 0 Å². The van der Waals surface area contributed by atoms with Gasteiger partial charge in [0.25, 0.3) is 0 Å². The number of H-pyrrole nitrogens is 1. The van der Waals surface area contributed by atoms with Gasteiger partial charge < -0.3 is 0 Å². The third kappa shape index (κ3) is 3.09. The molecule has 0 saturated heterocycles. The van der Waals surface area contributed by atoms with Crippen LogP contribution in [0.4, 0.5) is 0 Å². The van der Waals surface area contributed by atoms with E-state index >= 15 is 0 Å². The van der Waals surface area contributed by atoms with Gasteiger partial charge in [-0.1, -0.05) is 41.9 Å². The summed E-state index contributed by atoms with van der Waals surface area (Å²) in [5.41, 5.74) is 2.55. The van der Waals surface area contributed by atoms with Crippen LogP contribution in [0.1, 0.15) is 12.5 Å². The molecule has 4 aromatic rings. The van der Waals surface area contributed by atoms with Crippen LogP contribution in [-0.2, 0) is 13.1 Å². The summed E-state index contributed by atoms with van der Waals surface area (Å²) in [4.78, 5) is 0. The van der Waals surface area contributed by atoms with Gasteiger partial charge in [-0.05, 0) is 24.7 Å². The molecule has 3 aromatic heterocycles. The van der Waals surface area contributed by atoms with Crippen LogP contribution in [0.25, 0.3) is 17.2 Å². The van der Waals surface area contributed by atoms with Gasteiger partial charge in [0.05, 0.1) is 23.5 Å². The summed E-state index contributed by atoms with van der Waals surface area (Å²) < 4.78 is 5.87. The van der Waals surface area contributed by atoms with E-state index in [0.29, 0.717) is 27.9 Å². The van der Waals surface area contributed by atoms with Crippen LogP contribution >= 0.6 is 23.8 Å². The number of halogens is 1. The first-order valence-corrected chi connectivity index (χ1v) is 8.92. The molecule has 0 aliphatic carbocycles. The fraction of sp³-hybridized carbons (Fsp3) is 0.176. The van der Waals surface area contributed by atoms with Crippen LogP contribution in [0.15, 0.2) is 48.9 Å². The van der Waals surface area contributed by atoms with E-state index in [0.717, 1.165) is 12.2 Å². The summed E-state index contributed by atoms with van der Waals surface area (Å²) in [6.07, 6.45) is 5.45. The number of hydrogen-bond acceptors (Lipinski definition) is 4. The topological polar surface area (TPSA) is 69.2 Å². The minimum absolute atomic E-state index is 0.460. The molecule has 26 heavy (non-hydrogen) atoms. The molecule has 0 unspecified atom stereocenters. The molecule has 7 nitrogen and oxygen atoms in total. The van der Waals surface area contributed by atoms with Crippen molar-refractivity contribution >= 4 is 23.8 Å². The number of rotatable bonds is 5. The number of hydrogen-bond donors (Lipinski definition) is 1. The number of aromatic amines is 1. The lowest BCUT2D eigenvalue weighted by atomic mass is 10.2. The van der Waals surface area contributed by atoms with Crippen molar-refractivity contribution in [2.75, 3.05) is 0 Å². The van der Waals surface area contributed by atoms with Gasteiger partial charge in [0.1, 0.15) is 5.69 Å². The summed E-state index contributed by atoms with van der Waals surface area (Å²) in [5.74, 6) is 0.562. The van der Waals surface area contributed by atoms with E-state index in [1.54, 1.807) is 21.6 Å². The van der Waals surface area contributed by atoms with Crippen molar-refractivity contribution in [2.45, 2.75) is 20.0 Å². The molecule has 0 saturated carbocycles. The van der Waals surface area contributed by atoms with Crippen molar-refractivity contribution in [3.63, 3.8) is 0 Å². The van der Waals surface area contributed by atoms with Crippen molar-refractivity contribution in [1.29, 1.82) is 0 Å². The van der Waals surface area contributed by atoms with Crippen molar-refractivity contribution in [3.8, 4) is 17.2 Å². The number of aromatic nitrogens is 7. The third-order valence-electron chi connectivity index (χ3n) is 3.99. The smallest absolute Gasteiger partial charge is 0.200 e. The molecule has 0 atom stereocenters. The summed E-state index contributed by atoms with van der Waals surface area (Å²) in [6.45, 7) is 3.39. The molecule has 0 radical (unpaired) electrons. The van der Waals surface area contributed by atoms with E-state index in [4.69, 9.17) is 23.8 Å². The molecular formula is C17H16ClN7S. The number of aryl methyl sites for hydroxylation is 1. The van der Waals surface area contributed by atoms with Crippen LogP contribution in [0.2, 0.25) is 5.02 Å².